The molecule has 0 bridgehead atoms. The highest BCUT2D eigenvalue weighted by molar-refractivity contribution is 5.85. The molecule has 0 saturated heterocycles. The molecule has 1 fully saturated rings. The molecule has 6 heteroatoms. The lowest BCUT2D eigenvalue weighted by atomic mass is 10.1. The number of nitrogens with one attached hydrogen (secondary N) is 2. The maximum absolute atomic E-state index is 11.8. The van der Waals surface area contributed by atoms with Gasteiger partial charge in [0.1, 0.15) is 0 Å². The average molecular weight is 327 g/mol. The van der Waals surface area contributed by atoms with Gasteiger partial charge in [-0.15, -0.1) is 0 Å². The number of carbonyl (C=O) groups excluding carboxylic acids is 2. The molecule has 24 heavy (non-hydrogen) atoms. The Bertz CT molecular complexity index is 717. The molecule has 3 rings (SSSR count). The maximum atomic E-state index is 11.8. The van der Waals surface area contributed by atoms with Crippen molar-refractivity contribution in [2.75, 3.05) is 6.54 Å². The van der Waals surface area contributed by atoms with E-state index < -0.39 is 0 Å². The number of hydrogen-bond donors (Lipinski definition) is 2. The molecule has 0 aliphatic heterocycles. The van der Waals surface area contributed by atoms with Gasteiger partial charge in [-0.25, -0.2) is 4.98 Å². The number of aromatic nitrogens is 1. The molecule has 6 nitrogen and oxygen atoms in total. The summed E-state index contributed by atoms with van der Waals surface area (Å²) in [5.41, 5.74) is 2.14. The number of hydrogen-bond acceptors (Lipinski definition) is 4. The number of rotatable bonds is 7. The molecule has 1 aromatic heterocycles. The molecular formula is C18H21N3O3. The van der Waals surface area contributed by atoms with Crippen molar-refractivity contribution in [1.82, 2.24) is 15.6 Å². The van der Waals surface area contributed by atoms with E-state index in [1.165, 1.54) is 5.56 Å². The highest BCUT2D eigenvalue weighted by Gasteiger charge is 2.23. The Labute approximate surface area is 140 Å². The topological polar surface area (TPSA) is 84.2 Å². The van der Waals surface area contributed by atoms with Gasteiger partial charge in [0.2, 0.25) is 11.8 Å². The normalized spacial score (nSPS) is 13.5. The summed E-state index contributed by atoms with van der Waals surface area (Å²) in [6.07, 6.45) is 4.38. The third kappa shape index (κ3) is 4.68. The second-order valence-corrected chi connectivity index (χ2v) is 6.10. The third-order valence-electron chi connectivity index (χ3n) is 3.84. The SMILES string of the molecule is Cc1ccc(-c2cnc(CCC(=O)NCC(=O)NC3CC3)o2)cc1. The summed E-state index contributed by atoms with van der Waals surface area (Å²) >= 11 is 0. The van der Waals surface area contributed by atoms with Crippen molar-refractivity contribution in [2.24, 2.45) is 0 Å². The van der Waals surface area contributed by atoms with Crippen molar-refractivity contribution in [3.8, 4) is 11.3 Å². The van der Waals surface area contributed by atoms with Crippen LogP contribution in [0.4, 0.5) is 0 Å². The van der Waals surface area contributed by atoms with Gasteiger partial charge >= 0.3 is 0 Å². The Morgan fingerprint density at radius 3 is 2.67 bits per heavy atom. The zero-order valence-corrected chi connectivity index (χ0v) is 13.7. The summed E-state index contributed by atoms with van der Waals surface area (Å²) in [6.45, 7) is 2.05. The summed E-state index contributed by atoms with van der Waals surface area (Å²) in [5.74, 6) is 0.886. The third-order valence-corrected chi connectivity index (χ3v) is 3.84. The fraction of sp³-hybridized carbons (Fsp3) is 0.389. The molecule has 2 N–H and O–H groups in total. The molecule has 1 aliphatic rings. The fourth-order valence-corrected chi connectivity index (χ4v) is 2.27. The molecule has 126 valence electrons. The Morgan fingerprint density at radius 2 is 1.96 bits per heavy atom. The van der Waals surface area contributed by atoms with Crippen LogP contribution in [0.1, 0.15) is 30.7 Å². The molecule has 1 aliphatic carbocycles. The van der Waals surface area contributed by atoms with Crippen molar-refractivity contribution in [3.05, 3.63) is 41.9 Å². The largest absolute Gasteiger partial charge is 0.441 e. The quantitative estimate of drug-likeness (QED) is 0.814. The highest BCUT2D eigenvalue weighted by atomic mass is 16.4. The van der Waals surface area contributed by atoms with Gasteiger partial charge in [-0.05, 0) is 19.8 Å². The number of aryl methyl sites for hydroxylation is 2. The zero-order chi connectivity index (χ0) is 16.9. The second kappa shape index (κ2) is 7.29. The minimum Gasteiger partial charge on any atom is -0.441 e. The monoisotopic (exact) mass is 327 g/mol. The molecule has 1 heterocycles. The van der Waals surface area contributed by atoms with Crippen LogP contribution in [0.15, 0.2) is 34.9 Å². The molecule has 2 aromatic rings. The molecule has 0 atom stereocenters. The minimum absolute atomic E-state index is 0.0233. The van der Waals surface area contributed by atoms with Crippen molar-refractivity contribution in [3.63, 3.8) is 0 Å². The van der Waals surface area contributed by atoms with Crippen LogP contribution in [-0.2, 0) is 16.0 Å². The number of nitrogens with zero attached hydrogens (tertiary/aromatic N) is 1. The van der Waals surface area contributed by atoms with Crippen LogP contribution in [0.25, 0.3) is 11.3 Å². The lowest BCUT2D eigenvalue weighted by molar-refractivity contribution is -0.126. The lowest BCUT2D eigenvalue weighted by Gasteiger charge is -2.05. The fourth-order valence-electron chi connectivity index (χ4n) is 2.27. The van der Waals surface area contributed by atoms with E-state index in [0.29, 0.717) is 24.1 Å². The van der Waals surface area contributed by atoms with Crippen LogP contribution in [0.3, 0.4) is 0 Å². The first-order valence-corrected chi connectivity index (χ1v) is 8.18. The van der Waals surface area contributed by atoms with Gasteiger partial charge in [-0.3, -0.25) is 9.59 Å². The van der Waals surface area contributed by atoms with Gasteiger partial charge in [0.15, 0.2) is 11.7 Å². The number of carbonyl (C=O) groups is 2. The van der Waals surface area contributed by atoms with Crippen LogP contribution >= 0.6 is 0 Å². The first kappa shape index (κ1) is 16.2. The van der Waals surface area contributed by atoms with E-state index in [1.54, 1.807) is 6.20 Å². The minimum atomic E-state index is -0.184. The van der Waals surface area contributed by atoms with E-state index in [1.807, 2.05) is 31.2 Å². The molecule has 0 unspecified atom stereocenters. The molecular weight excluding hydrogens is 306 g/mol. The van der Waals surface area contributed by atoms with E-state index in [-0.39, 0.29) is 24.8 Å². The van der Waals surface area contributed by atoms with E-state index in [0.717, 1.165) is 18.4 Å². The van der Waals surface area contributed by atoms with Crippen molar-refractivity contribution < 1.29 is 14.0 Å². The second-order valence-electron chi connectivity index (χ2n) is 6.10. The van der Waals surface area contributed by atoms with E-state index in [2.05, 4.69) is 15.6 Å². The summed E-state index contributed by atoms with van der Waals surface area (Å²) < 4.78 is 5.68. The highest BCUT2D eigenvalue weighted by Crippen LogP contribution is 2.21. The summed E-state index contributed by atoms with van der Waals surface area (Å²) in [6, 6.07) is 8.28. The molecule has 0 spiro atoms. The average Bonchev–Trinajstić information content (AvgIpc) is 3.25. The van der Waals surface area contributed by atoms with E-state index in [4.69, 9.17) is 4.42 Å². The Morgan fingerprint density at radius 1 is 1.21 bits per heavy atom. The molecule has 2 amide bonds. The van der Waals surface area contributed by atoms with E-state index >= 15 is 0 Å². The number of amides is 2. The Hall–Kier alpha value is -2.63. The summed E-state index contributed by atoms with van der Waals surface area (Å²) in [4.78, 5) is 27.5. The van der Waals surface area contributed by atoms with Crippen LogP contribution in [0, 0.1) is 6.92 Å². The molecule has 1 aromatic carbocycles. The van der Waals surface area contributed by atoms with Gasteiger partial charge < -0.3 is 15.1 Å². The predicted molar refractivity (Wildman–Crippen MR) is 89.2 cm³/mol. The van der Waals surface area contributed by atoms with Crippen LogP contribution < -0.4 is 10.6 Å². The van der Waals surface area contributed by atoms with Crippen molar-refractivity contribution in [1.29, 1.82) is 0 Å². The van der Waals surface area contributed by atoms with Crippen molar-refractivity contribution in [2.45, 2.75) is 38.6 Å². The standard InChI is InChI=1S/C18H21N3O3/c1-12-2-4-13(5-3-12)15-10-20-18(24-15)9-8-16(22)19-11-17(23)21-14-6-7-14/h2-5,10,14H,6-9,11H2,1H3,(H,19,22)(H,21,23). The first-order valence-electron chi connectivity index (χ1n) is 8.18. The zero-order valence-electron chi connectivity index (χ0n) is 13.7. The predicted octanol–water partition coefficient (Wildman–Crippen LogP) is 1.98. The molecule has 0 radical (unpaired) electrons. The lowest BCUT2D eigenvalue weighted by Crippen LogP contribution is -2.37. The number of benzene rings is 1. The molecule has 1 saturated carbocycles. The van der Waals surface area contributed by atoms with Crippen LogP contribution in [-0.4, -0.2) is 29.4 Å². The van der Waals surface area contributed by atoms with Crippen molar-refractivity contribution >= 4 is 11.8 Å². The number of oxazole rings is 1. The van der Waals surface area contributed by atoms with Gasteiger partial charge in [-0.2, -0.15) is 0 Å². The Balaban J connectivity index is 1.43. The maximum Gasteiger partial charge on any atom is 0.239 e. The Kier molecular flexibility index (Phi) is 4.93. The van der Waals surface area contributed by atoms with Gasteiger partial charge in [-0.1, -0.05) is 29.8 Å². The van der Waals surface area contributed by atoms with Crippen LogP contribution in [0.2, 0.25) is 0 Å². The van der Waals surface area contributed by atoms with Gasteiger partial charge in [0.25, 0.3) is 0 Å². The summed E-state index contributed by atoms with van der Waals surface area (Å²) in [7, 11) is 0. The summed E-state index contributed by atoms with van der Waals surface area (Å²) in [5, 5.41) is 5.43. The first-order chi connectivity index (χ1) is 11.6. The van der Waals surface area contributed by atoms with Crippen LogP contribution in [0.5, 0.6) is 0 Å². The van der Waals surface area contributed by atoms with Gasteiger partial charge in [0.05, 0.1) is 12.7 Å². The van der Waals surface area contributed by atoms with Gasteiger partial charge in [0, 0.05) is 24.4 Å². The van der Waals surface area contributed by atoms with E-state index in [9.17, 15) is 9.59 Å². The smallest absolute Gasteiger partial charge is 0.239 e.